The van der Waals surface area contributed by atoms with Crippen LogP contribution in [-0.4, -0.2) is 28.1 Å². The lowest BCUT2D eigenvalue weighted by atomic mass is 9.46. The quantitative estimate of drug-likeness (QED) is 0.435. The topological polar surface area (TPSA) is 40.5 Å². The molecule has 2 N–H and O–H groups in total. The molecule has 3 fully saturated rings. The minimum absolute atomic E-state index is 0.225. The van der Waals surface area contributed by atoms with Crippen molar-refractivity contribution in [1.29, 1.82) is 0 Å². The van der Waals surface area contributed by atoms with E-state index in [-0.39, 0.29) is 17.3 Å². The Bertz CT molecular complexity index is 729. The van der Waals surface area contributed by atoms with E-state index in [1.54, 1.807) is 0 Å². The molecular formula is C27H43F3O2. The maximum absolute atomic E-state index is 12.9. The molecule has 0 aromatic heterocycles. The first-order valence-electron chi connectivity index (χ1n) is 12.9. The van der Waals surface area contributed by atoms with Gasteiger partial charge in [0.2, 0.25) is 0 Å². The first kappa shape index (κ1) is 24.6. The van der Waals surface area contributed by atoms with E-state index >= 15 is 0 Å². The van der Waals surface area contributed by atoms with Crippen LogP contribution in [0.3, 0.4) is 0 Å². The summed E-state index contributed by atoms with van der Waals surface area (Å²) in [6.07, 6.45) is 7.47. The Kier molecular flexibility index (Phi) is 6.36. The van der Waals surface area contributed by atoms with Crippen LogP contribution in [0.2, 0.25) is 0 Å². The Morgan fingerprint density at radius 3 is 2.47 bits per heavy atom. The fraction of sp³-hybridized carbons (Fsp3) is 0.926. The number of hydrogen-bond donors (Lipinski definition) is 2. The van der Waals surface area contributed by atoms with Crippen molar-refractivity contribution in [2.24, 2.45) is 40.4 Å². The van der Waals surface area contributed by atoms with E-state index in [1.165, 1.54) is 31.3 Å². The van der Waals surface area contributed by atoms with Crippen LogP contribution in [0.25, 0.3) is 0 Å². The highest BCUT2D eigenvalue weighted by atomic mass is 19.4. The van der Waals surface area contributed by atoms with E-state index in [4.69, 9.17) is 0 Å². The van der Waals surface area contributed by atoms with Crippen LogP contribution >= 0.6 is 0 Å². The van der Waals surface area contributed by atoms with Gasteiger partial charge in [-0.2, -0.15) is 13.2 Å². The summed E-state index contributed by atoms with van der Waals surface area (Å²) in [5.74, 6) is 1.01. The van der Waals surface area contributed by atoms with Crippen molar-refractivity contribution >= 4 is 0 Å². The Hall–Kier alpha value is -0.550. The zero-order valence-electron chi connectivity index (χ0n) is 20.3. The maximum atomic E-state index is 12.9. The monoisotopic (exact) mass is 456 g/mol. The van der Waals surface area contributed by atoms with Gasteiger partial charge in [-0.15, -0.1) is 0 Å². The number of hydrogen-bond acceptors (Lipinski definition) is 2. The molecule has 0 aliphatic heterocycles. The number of aliphatic hydroxyl groups excluding tert-OH is 1. The fourth-order valence-corrected chi connectivity index (χ4v) is 8.43. The Balaban J connectivity index is 1.40. The highest BCUT2D eigenvalue weighted by molar-refractivity contribution is 5.26. The minimum atomic E-state index is -4.32. The van der Waals surface area contributed by atoms with Crippen LogP contribution < -0.4 is 0 Å². The van der Waals surface area contributed by atoms with Gasteiger partial charge in [-0.1, -0.05) is 38.8 Å². The van der Waals surface area contributed by atoms with Crippen LogP contribution in [0.1, 0.15) is 98.3 Å². The lowest BCUT2D eigenvalue weighted by Gasteiger charge is -2.59. The predicted molar refractivity (Wildman–Crippen MR) is 121 cm³/mol. The fourth-order valence-electron chi connectivity index (χ4n) is 8.43. The molecule has 184 valence electrons. The Labute approximate surface area is 192 Å². The van der Waals surface area contributed by atoms with Crippen LogP contribution in [0.4, 0.5) is 13.2 Å². The molecule has 7 unspecified atom stereocenters. The third-order valence-electron chi connectivity index (χ3n) is 10.7. The van der Waals surface area contributed by atoms with E-state index in [2.05, 4.69) is 19.9 Å². The van der Waals surface area contributed by atoms with Crippen LogP contribution in [0, 0.1) is 40.4 Å². The summed E-state index contributed by atoms with van der Waals surface area (Å²) in [7, 11) is 0. The molecule has 0 saturated heterocycles. The zero-order valence-corrected chi connectivity index (χ0v) is 20.3. The van der Waals surface area contributed by atoms with Gasteiger partial charge in [0.1, 0.15) is 0 Å². The molecule has 32 heavy (non-hydrogen) atoms. The maximum Gasteiger partial charge on any atom is 0.394 e. The van der Waals surface area contributed by atoms with E-state index in [1.807, 2.05) is 6.92 Å². The summed E-state index contributed by atoms with van der Waals surface area (Å²) in [5.41, 5.74) is 1.43. The molecule has 9 atom stereocenters. The highest BCUT2D eigenvalue weighted by Gasteiger charge is 2.58. The molecular weight excluding hydrogens is 413 g/mol. The van der Waals surface area contributed by atoms with Crippen molar-refractivity contribution in [1.82, 2.24) is 0 Å². The molecule has 4 aliphatic rings. The number of halogens is 3. The van der Waals surface area contributed by atoms with Crippen LogP contribution in [-0.2, 0) is 0 Å². The molecule has 0 aromatic rings. The predicted octanol–water partition coefficient (Wildman–Crippen LogP) is 7.05. The molecule has 0 radical (unpaired) electrons. The largest absolute Gasteiger partial charge is 0.394 e. The average Bonchev–Trinajstić information content (AvgIpc) is 3.03. The number of fused-ring (bicyclic) bond motifs is 5. The lowest BCUT2D eigenvalue weighted by Crippen LogP contribution is -2.51. The molecule has 0 heterocycles. The van der Waals surface area contributed by atoms with Gasteiger partial charge in [0.25, 0.3) is 0 Å². The zero-order chi connectivity index (χ0) is 23.5. The van der Waals surface area contributed by atoms with Crippen molar-refractivity contribution in [3.05, 3.63) is 11.6 Å². The molecule has 5 heteroatoms. The molecule has 4 aliphatic carbocycles. The number of rotatable bonds is 5. The lowest BCUT2D eigenvalue weighted by molar-refractivity contribution is -0.195. The van der Waals surface area contributed by atoms with Crippen molar-refractivity contribution in [2.45, 2.75) is 116 Å². The standard InChI is InChI=1S/C27H43F3O2/c1-17(27(28,29)30)23(31)7-5-6-18-9-11-21-20-10-8-19-16-24(2,32)14-15-26(19,4)22(20)12-13-25(18,21)3/h8,17-18,20-23,31-32H,5-7,9-16H2,1-4H3/t17?,18?,20?,21?,22?,23?,24-,25?,26-/m0/s1. The van der Waals surface area contributed by atoms with Crippen molar-refractivity contribution in [3.8, 4) is 0 Å². The van der Waals surface area contributed by atoms with Gasteiger partial charge in [-0.25, -0.2) is 0 Å². The van der Waals surface area contributed by atoms with Crippen molar-refractivity contribution in [3.63, 3.8) is 0 Å². The van der Waals surface area contributed by atoms with Gasteiger partial charge >= 0.3 is 6.18 Å². The SMILES string of the molecule is CC(C(O)CCCC1CCC2C3CC=C4C[C@@](C)(O)CC[C@]4(C)C3CCC12C)C(F)(F)F. The van der Waals surface area contributed by atoms with Crippen LogP contribution in [0.5, 0.6) is 0 Å². The number of aliphatic hydroxyl groups is 2. The third-order valence-corrected chi connectivity index (χ3v) is 10.7. The average molecular weight is 457 g/mol. The molecule has 2 nitrogen and oxygen atoms in total. The molecule has 0 aromatic carbocycles. The second-order valence-corrected chi connectivity index (χ2v) is 12.6. The van der Waals surface area contributed by atoms with Gasteiger partial charge in [-0.3, -0.25) is 0 Å². The van der Waals surface area contributed by atoms with Crippen LogP contribution in [0.15, 0.2) is 11.6 Å². The van der Waals surface area contributed by atoms with Gasteiger partial charge in [0.05, 0.1) is 17.6 Å². The van der Waals surface area contributed by atoms with Gasteiger partial charge in [0.15, 0.2) is 0 Å². The van der Waals surface area contributed by atoms with E-state index < -0.39 is 23.8 Å². The van der Waals surface area contributed by atoms with Crippen molar-refractivity contribution < 1.29 is 23.4 Å². The Morgan fingerprint density at radius 2 is 1.78 bits per heavy atom. The summed E-state index contributed by atoms with van der Waals surface area (Å²) in [5, 5.41) is 20.6. The van der Waals surface area contributed by atoms with Gasteiger partial charge in [0, 0.05) is 0 Å². The number of allylic oxidation sites excluding steroid dienone is 1. The molecule has 0 amide bonds. The molecule has 4 rings (SSSR count). The summed E-state index contributed by atoms with van der Waals surface area (Å²) in [4.78, 5) is 0. The first-order chi connectivity index (χ1) is 14.8. The normalized spacial score (nSPS) is 46.0. The first-order valence-corrected chi connectivity index (χ1v) is 12.9. The molecule has 3 saturated carbocycles. The summed E-state index contributed by atoms with van der Waals surface area (Å²) >= 11 is 0. The summed E-state index contributed by atoms with van der Waals surface area (Å²) < 4.78 is 38.6. The second-order valence-electron chi connectivity index (χ2n) is 12.6. The van der Waals surface area contributed by atoms with Crippen molar-refractivity contribution in [2.75, 3.05) is 0 Å². The molecule has 0 bridgehead atoms. The van der Waals surface area contributed by atoms with E-state index in [0.29, 0.717) is 30.1 Å². The second kappa shape index (κ2) is 8.29. The summed E-state index contributed by atoms with van der Waals surface area (Å²) in [6, 6.07) is 0. The van der Waals surface area contributed by atoms with Gasteiger partial charge in [-0.05, 0) is 106 Å². The minimum Gasteiger partial charge on any atom is -0.393 e. The highest BCUT2D eigenvalue weighted by Crippen LogP contribution is 2.67. The smallest absolute Gasteiger partial charge is 0.393 e. The van der Waals surface area contributed by atoms with E-state index in [0.717, 1.165) is 39.0 Å². The van der Waals surface area contributed by atoms with E-state index in [9.17, 15) is 23.4 Å². The van der Waals surface area contributed by atoms with Gasteiger partial charge < -0.3 is 10.2 Å². The molecule has 0 spiro atoms. The third kappa shape index (κ3) is 4.19. The number of alkyl halides is 3. The Morgan fingerprint density at radius 1 is 1.06 bits per heavy atom. The summed E-state index contributed by atoms with van der Waals surface area (Å²) in [6.45, 7) is 7.97.